The standard InChI is InChI=1S/C7H5FINO2.C5H2BrFIN.C5H2ClFIN.C5H4FIN2O.H2O/c1-12-7(11)5-3-2-4(8)6(9)10-5;2*6-4-2-1-3(7)5(8)9-4;6-3-1-2-4(9-10)8-5(3)7;/h2-3H,1H3;2*1-2H;1-2H,9H2;1H2. The SMILES string of the molecule is COC(=O)c1ccc(F)c(I)n1.Fc1ccc(Br)nc1I.Fc1ccc(Cl)nc1I.O.[O-][NH2+]c1ccc(F)c(I)n1. The number of methoxy groups -OCH3 is 1. The number of halogens is 10. The molecule has 4 aromatic rings. The largest absolute Gasteiger partial charge is 0.629 e. The number of hydrogen-bond acceptors (Lipinski definition) is 7. The van der Waals surface area contributed by atoms with Gasteiger partial charge in [0.05, 0.1) is 7.11 Å². The van der Waals surface area contributed by atoms with Gasteiger partial charge < -0.3 is 20.9 Å². The minimum absolute atomic E-state index is 0. The van der Waals surface area contributed by atoms with Gasteiger partial charge in [-0.3, -0.25) is 0 Å². The van der Waals surface area contributed by atoms with E-state index in [9.17, 15) is 27.6 Å². The molecule has 19 heteroatoms. The molecule has 4 N–H and O–H groups in total. The molecule has 0 unspecified atom stereocenters. The van der Waals surface area contributed by atoms with Crippen molar-refractivity contribution in [2.75, 3.05) is 7.11 Å². The summed E-state index contributed by atoms with van der Waals surface area (Å²) < 4.78 is 56.0. The zero-order chi connectivity index (χ0) is 30.4. The highest BCUT2D eigenvalue weighted by Gasteiger charge is 2.09. The molecule has 0 radical (unpaired) electrons. The predicted molar refractivity (Wildman–Crippen MR) is 180 cm³/mol. The fourth-order valence-electron chi connectivity index (χ4n) is 1.92. The summed E-state index contributed by atoms with van der Waals surface area (Å²) >= 11 is 15.6. The van der Waals surface area contributed by atoms with Crippen LogP contribution in [0.4, 0.5) is 23.4 Å². The molecule has 0 spiro atoms. The Morgan fingerprint density at radius 3 is 1.61 bits per heavy atom. The van der Waals surface area contributed by atoms with Crippen LogP contribution in [-0.4, -0.2) is 38.5 Å². The van der Waals surface area contributed by atoms with Crippen LogP contribution in [0.5, 0.6) is 0 Å². The van der Waals surface area contributed by atoms with Crippen molar-refractivity contribution >= 4 is 130 Å². The molecule has 0 aliphatic carbocycles. The molecule has 0 saturated heterocycles. The van der Waals surface area contributed by atoms with E-state index in [4.69, 9.17) is 11.6 Å². The number of nitrogens with two attached hydrogens (primary N) is 1. The highest BCUT2D eigenvalue weighted by atomic mass is 127. The van der Waals surface area contributed by atoms with Crippen molar-refractivity contribution in [2.24, 2.45) is 0 Å². The first-order valence-corrected chi connectivity index (χ1v) is 15.4. The molecule has 9 nitrogen and oxygen atoms in total. The van der Waals surface area contributed by atoms with Crippen LogP contribution in [0.3, 0.4) is 0 Å². The van der Waals surface area contributed by atoms with Crippen molar-refractivity contribution < 1.29 is 38.0 Å². The van der Waals surface area contributed by atoms with Crippen LogP contribution in [0.15, 0.2) is 53.1 Å². The Labute approximate surface area is 298 Å². The summed E-state index contributed by atoms with van der Waals surface area (Å²) in [5.41, 5.74) is 0.699. The zero-order valence-electron chi connectivity index (χ0n) is 20.0. The second-order valence-electron chi connectivity index (χ2n) is 6.40. The molecule has 0 aliphatic heterocycles. The van der Waals surface area contributed by atoms with Gasteiger partial charge in [0, 0.05) is 6.07 Å². The zero-order valence-corrected chi connectivity index (χ0v) is 31.0. The molecule has 41 heavy (non-hydrogen) atoms. The lowest BCUT2D eigenvalue weighted by Crippen LogP contribution is -2.70. The van der Waals surface area contributed by atoms with E-state index in [1.165, 1.54) is 49.6 Å². The first-order chi connectivity index (χ1) is 18.8. The third-order valence-corrected chi connectivity index (χ3v) is 7.36. The Hall–Kier alpha value is -0.640. The van der Waals surface area contributed by atoms with Crippen molar-refractivity contribution in [3.05, 3.63) is 107 Å². The van der Waals surface area contributed by atoms with E-state index in [0.717, 1.165) is 0 Å². The Morgan fingerprint density at radius 2 is 1.22 bits per heavy atom. The lowest BCUT2D eigenvalue weighted by atomic mass is 10.3. The summed E-state index contributed by atoms with van der Waals surface area (Å²) in [6.07, 6.45) is 0. The molecule has 0 aromatic carbocycles. The van der Waals surface area contributed by atoms with Gasteiger partial charge in [-0.05, 0) is 149 Å². The fraction of sp³-hybridized carbons (Fsp3) is 0.0455. The van der Waals surface area contributed by atoms with Gasteiger partial charge in [0.25, 0.3) is 0 Å². The molecular weight excluding hydrogens is 1100 g/mol. The van der Waals surface area contributed by atoms with Crippen LogP contribution in [0, 0.1) is 43.3 Å². The molecular formula is C22H15BrClF4I4N5O4. The third-order valence-electron chi connectivity index (χ3n) is 3.68. The van der Waals surface area contributed by atoms with Crippen LogP contribution in [0.1, 0.15) is 10.5 Å². The van der Waals surface area contributed by atoms with E-state index in [0.29, 0.717) is 22.6 Å². The minimum atomic E-state index is -0.562. The number of nitrogens with zero attached hydrogens (tertiary/aromatic N) is 4. The molecule has 222 valence electrons. The normalized spacial score (nSPS) is 9.46. The minimum Gasteiger partial charge on any atom is -0.629 e. The summed E-state index contributed by atoms with van der Waals surface area (Å²) in [5.74, 6) is -1.76. The topological polar surface area (TPSA) is 149 Å². The van der Waals surface area contributed by atoms with E-state index in [1.807, 2.05) is 22.6 Å². The summed E-state index contributed by atoms with van der Waals surface area (Å²) in [7, 11) is 1.25. The highest BCUT2D eigenvalue weighted by Crippen LogP contribution is 2.13. The summed E-state index contributed by atoms with van der Waals surface area (Å²) in [6, 6.07) is 10.7. The number of carbonyl (C=O) groups excluding carboxylic acids is 1. The number of pyridine rings is 4. The number of rotatable bonds is 2. The molecule has 0 saturated carbocycles. The first-order valence-electron chi connectivity index (χ1n) is 9.91. The predicted octanol–water partition coefficient (Wildman–Crippen LogP) is 6.37. The Balaban J connectivity index is 0.000000520. The number of esters is 1. The molecule has 0 amide bonds. The number of ether oxygens (including phenoxy) is 1. The van der Waals surface area contributed by atoms with Crippen LogP contribution in [-0.2, 0) is 4.74 Å². The third kappa shape index (κ3) is 15.6. The van der Waals surface area contributed by atoms with Crippen LogP contribution >= 0.6 is 118 Å². The smallest absolute Gasteiger partial charge is 0.356 e. The van der Waals surface area contributed by atoms with Gasteiger partial charge in [0.1, 0.15) is 30.3 Å². The van der Waals surface area contributed by atoms with E-state index < -0.39 is 17.6 Å². The number of aromatic nitrogens is 4. The van der Waals surface area contributed by atoms with E-state index >= 15 is 0 Å². The summed E-state index contributed by atoms with van der Waals surface area (Å²) in [6.45, 7) is 0. The van der Waals surface area contributed by atoms with Gasteiger partial charge in [-0.15, -0.1) is 0 Å². The summed E-state index contributed by atoms with van der Waals surface area (Å²) in [5, 5.41) is 10.4. The maximum Gasteiger partial charge on any atom is 0.356 e. The lowest BCUT2D eigenvalue weighted by molar-refractivity contribution is -0.501. The van der Waals surface area contributed by atoms with E-state index in [2.05, 4.69) is 40.6 Å². The van der Waals surface area contributed by atoms with Gasteiger partial charge >= 0.3 is 5.97 Å². The average Bonchev–Trinajstić information content (AvgIpc) is 2.92. The number of quaternary nitrogens is 1. The van der Waals surface area contributed by atoms with E-state index in [-0.39, 0.29) is 36.0 Å². The van der Waals surface area contributed by atoms with Crippen molar-refractivity contribution in [3.63, 3.8) is 0 Å². The van der Waals surface area contributed by atoms with Gasteiger partial charge in [-0.25, -0.2) is 37.3 Å². The van der Waals surface area contributed by atoms with Crippen molar-refractivity contribution in [3.8, 4) is 0 Å². The summed E-state index contributed by atoms with van der Waals surface area (Å²) in [4.78, 5) is 25.6. The Bertz CT molecular complexity index is 1400. The van der Waals surface area contributed by atoms with Crippen LogP contribution < -0.4 is 5.48 Å². The number of hydrogen-bond donors (Lipinski definition) is 1. The average molecular weight is 1110 g/mol. The highest BCUT2D eigenvalue weighted by molar-refractivity contribution is 14.1. The van der Waals surface area contributed by atoms with Crippen molar-refractivity contribution in [2.45, 2.75) is 0 Å². The van der Waals surface area contributed by atoms with Gasteiger partial charge in [0.15, 0.2) is 23.3 Å². The number of carbonyl (C=O) groups is 1. The lowest BCUT2D eigenvalue weighted by Gasteiger charge is -1.99. The van der Waals surface area contributed by atoms with Gasteiger partial charge in [-0.1, -0.05) is 11.6 Å². The Morgan fingerprint density at radius 1 is 0.780 bits per heavy atom. The second-order valence-corrected chi connectivity index (χ2v) is 11.7. The van der Waals surface area contributed by atoms with Crippen molar-refractivity contribution in [1.29, 1.82) is 0 Å². The quantitative estimate of drug-likeness (QED) is 0.0807. The monoisotopic (exact) mass is 1110 g/mol. The van der Waals surface area contributed by atoms with E-state index in [1.54, 1.807) is 73.8 Å². The first kappa shape index (κ1) is 40.4. The van der Waals surface area contributed by atoms with Gasteiger partial charge in [0.2, 0.25) is 5.82 Å². The fourth-order valence-corrected chi connectivity index (χ4v) is 4.63. The van der Waals surface area contributed by atoms with Gasteiger partial charge in [-0.2, -0.15) is 4.98 Å². The second kappa shape index (κ2) is 21.1. The molecule has 0 bridgehead atoms. The van der Waals surface area contributed by atoms with Crippen LogP contribution in [0.2, 0.25) is 5.15 Å². The molecule has 4 heterocycles. The Kier molecular flexibility index (Phi) is 20.8. The molecule has 4 aromatic heterocycles. The van der Waals surface area contributed by atoms with Crippen LogP contribution in [0.25, 0.3) is 0 Å². The maximum absolute atomic E-state index is 12.6. The molecule has 0 aliphatic rings. The van der Waals surface area contributed by atoms with Crippen molar-refractivity contribution in [1.82, 2.24) is 19.9 Å². The molecule has 0 fully saturated rings. The molecule has 0 atom stereocenters. The maximum atomic E-state index is 12.6. The molecule has 4 rings (SSSR count).